The van der Waals surface area contributed by atoms with Crippen LogP contribution in [0.25, 0.3) is 0 Å². The Morgan fingerprint density at radius 2 is 2.15 bits per heavy atom. The van der Waals surface area contributed by atoms with Gasteiger partial charge in [0.2, 0.25) is 0 Å². The number of hydrogen-bond donors (Lipinski definition) is 1. The number of esters is 1. The molecule has 1 aromatic rings. The fourth-order valence-corrected chi connectivity index (χ4v) is 3.40. The van der Waals surface area contributed by atoms with Gasteiger partial charge in [0.1, 0.15) is 6.54 Å². The van der Waals surface area contributed by atoms with E-state index in [0.29, 0.717) is 0 Å². The molecule has 1 atom stereocenters. The smallest absolute Gasteiger partial charge is 0.407 e. The summed E-state index contributed by atoms with van der Waals surface area (Å²) in [5, 5.41) is 9.20. The van der Waals surface area contributed by atoms with Gasteiger partial charge in [0.25, 0.3) is 0 Å². The third kappa shape index (κ3) is 5.13. The van der Waals surface area contributed by atoms with E-state index in [2.05, 4.69) is 15.9 Å². The SMILES string of the molecule is CCOC(=O)CN(CC(CC)c1ccc(Br)s1)C(=O)O. The molecule has 0 radical (unpaired) electrons. The summed E-state index contributed by atoms with van der Waals surface area (Å²) in [7, 11) is 0. The van der Waals surface area contributed by atoms with Crippen molar-refractivity contribution in [1.82, 2.24) is 4.90 Å². The van der Waals surface area contributed by atoms with E-state index in [1.165, 1.54) is 0 Å². The fraction of sp³-hybridized carbons (Fsp3) is 0.538. The van der Waals surface area contributed by atoms with Crippen molar-refractivity contribution in [2.24, 2.45) is 0 Å². The monoisotopic (exact) mass is 363 g/mol. The van der Waals surface area contributed by atoms with Crippen molar-refractivity contribution in [2.75, 3.05) is 19.7 Å². The van der Waals surface area contributed by atoms with Gasteiger partial charge >= 0.3 is 12.1 Å². The highest BCUT2D eigenvalue weighted by atomic mass is 79.9. The van der Waals surface area contributed by atoms with Gasteiger partial charge < -0.3 is 9.84 Å². The number of carbonyl (C=O) groups is 2. The molecule has 112 valence electrons. The molecule has 1 amide bonds. The van der Waals surface area contributed by atoms with Crippen molar-refractivity contribution >= 4 is 39.3 Å². The Hall–Kier alpha value is -1.08. The maximum absolute atomic E-state index is 11.4. The predicted octanol–water partition coefficient (Wildman–Crippen LogP) is 3.55. The van der Waals surface area contributed by atoms with Crippen molar-refractivity contribution < 1.29 is 19.4 Å². The van der Waals surface area contributed by atoms with Crippen LogP contribution in [0.15, 0.2) is 15.9 Å². The minimum atomic E-state index is -1.10. The minimum absolute atomic E-state index is 0.0804. The Morgan fingerprint density at radius 3 is 2.60 bits per heavy atom. The van der Waals surface area contributed by atoms with E-state index in [9.17, 15) is 14.7 Å². The maximum Gasteiger partial charge on any atom is 0.407 e. The molecule has 1 N–H and O–H groups in total. The van der Waals surface area contributed by atoms with Crippen LogP contribution in [0.3, 0.4) is 0 Å². The summed E-state index contributed by atoms with van der Waals surface area (Å²) >= 11 is 4.98. The first kappa shape index (κ1) is 17.0. The number of carboxylic acid groups (broad SMARTS) is 1. The highest BCUT2D eigenvalue weighted by Gasteiger charge is 2.22. The van der Waals surface area contributed by atoms with Crippen LogP contribution in [-0.2, 0) is 9.53 Å². The zero-order chi connectivity index (χ0) is 15.1. The first-order valence-corrected chi connectivity index (χ1v) is 7.97. The average Bonchev–Trinajstić information content (AvgIpc) is 2.81. The topological polar surface area (TPSA) is 66.8 Å². The van der Waals surface area contributed by atoms with E-state index >= 15 is 0 Å². The van der Waals surface area contributed by atoms with E-state index in [1.807, 2.05) is 19.1 Å². The summed E-state index contributed by atoms with van der Waals surface area (Å²) < 4.78 is 5.81. The van der Waals surface area contributed by atoms with Crippen molar-refractivity contribution in [1.29, 1.82) is 0 Å². The van der Waals surface area contributed by atoms with Gasteiger partial charge in [0.15, 0.2) is 0 Å². The Kier molecular flexibility index (Phi) is 7.01. The maximum atomic E-state index is 11.4. The molecule has 0 aliphatic rings. The zero-order valence-corrected chi connectivity index (χ0v) is 13.9. The van der Waals surface area contributed by atoms with Crippen LogP contribution < -0.4 is 0 Å². The number of amides is 1. The summed E-state index contributed by atoms with van der Waals surface area (Å²) in [5.41, 5.74) is 0. The number of hydrogen-bond acceptors (Lipinski definition) is 4. The second-order valence-corrected chi connectivity index (χ2v) is 6.71. The minimum Gasteiger partial charge on any atom is -0.465 e. The summed E-state index contributed by atoms with van der Waals surface area (Å²) in [6.45, 7) is 4.01. The first-order chi connectivity index (χ1) is 9.47. The largest absolute Gasteiger partial charge is 0.465 e. The van der Waals surface area contributed by atoms with E-state index in [-0.39, 0.29) is 25.6 Å². The standard InChI is InChI=1S/C13H18BrNO4S/c1-3-9(10-5-6-11(14)20-10)7-15(13(17)18)8-12(16)19-4-2/h5-6,9H,3-4,7-8H2,1-2H3,(H,17,18). The quantitative estimate of drug-likeness (QED) is 0.752. The fourth-order valence-electron chi connectivity index (χ4n) is 1.81. The van der Waals surface area contributed by atoms with Crippen LogP contribution >= 0.6 is 27.3 Å². The van der Waals surface area contributed by atoms with Gasteiger partial charge in [0, 0.05) is 17.3 Å². The molecule has 0 bridgehead atoms. The molecular formula is C13H18BrNO4S. The highest BCUT2D eigenvalue weighted by Crippen LogP contribution is 2.31. The van der Waals surface area contributed by atoms with Crippen molar-refractivity contribution in [3.05, 3.63) is 20.8 Å². The molecule has 20 heavy (non-hydrogen) atoms. The van der Waals surface area contributed by atoms with Gasteiger partial charge in [-0.25, -0.2) is 4.79 Å². The van der Waals surface area contributed by atoms with Crippen LogP contribution in [0.5, 0.6) is 0 Å². The number of halogens is 1. The predicted molar refractivity (Wildman–Crippen MR) is 81.3 cm³/mol. The lowest BCUT2D eigenvalue weighted by molar-refractivity contribution is -0.144. The summed E-state index contributed by atoms with van der Waals surface area (Å²) in [6.07, 6.45) is -0.299. The first-order valence-electron chi connectivity index (χ1n) is 6.36. The highest BCUT2D eigenvalue weighted by molar-refractivity contribution is 9.11. The van der Waals surface area contributed by atoms with E-state index in [0.717, 1.165) is 20.0 Å². The lowest BCUT2D eigenvalue weighted by Crippen LogP contribution is -2.38. The number of carbonyl (C=O) groups excluding carboxylic acids is 1. The molecule has 7 heteroatoms. The third-order valence-corrected chi connectivity index (χ3v) is 4.61. The van der Waals surface area contributed by atoms with Crippen LogP contribution in [0.2, 0.25) is 0 Å². The van der Waals surface area contributed by atoms with Gasteiger partial charge in [-0.05, 0) is 41.4 Å². The van der Waals surface area contributed by atoms with Crippen LogP contribution in [-0.4, -0.2) is 41.8 Å². The summed E-state index contributed by atoms with van der Waals surface area (Å²) in [5.74, 6) is -0.436. The number of rotatable bonds is 7. The third-order valence-electron chi connectivity index (χ3n) is 2.83. The molecule has 1 rings (SSSR count). The van der Waals surface area contributed by atoms with Gasteiger partial charge in [-0.15, -0.1) is 11.3 Å². The Balaban J connectivity index is 2.72. The molecule has 1 unspecified atom stereocenters. The van der Waals surface area contributed by atoms with Crippen LogP contribution in [0, 0.1) is 0 Å². The number of nitrogens with zero attached hydrogens (tertiary/aromatic N) is 1. The van der Waals surface area contributed by atoms with Gasteiger partial charge in [-0.3, -0.25) is 9.69 Å². The molecule has 1 heterocycles. The normalized spacial score (nSPS) is 11.9. The lowest BCUT2D eigenvalue weighted by atomic mass is 10.0. The molecule has 0 aliphatic heterocycles. The Bertz CT molecular complexity index is 463. The summed E-state index contributed by atoms with van der Waals surface area (Å²) in [6, 6.07) is 3.92. The molecule has 0 saturated carbocycles. The molecule has 0 aliphatic carbocycles. The van der Waals surface area contributed by atoms with E-state index in [1.54, 1.807) is 18.3 Å². The molecule has 0 saturated heterocycles. The number of thiophene rings is 1. The molecule has 0 spiro atoms. The van der Waals surface area contributed by atoms with E-state index in [4.69, 9.17) is 4.74 Å². The zero-order valence-electron chi connectivity index (χ0n) is 11.5. The van der Waals surface area contributed by atoms with Crippen molar-refractivity contribution in [2.45, 2.75) is 26.2 Å². The van der Waals surface area contributed by atoms with Gasteiger partial charge in [-0.2, -0.15) is 0 Å². The van der Waals surface area contributed by atoms with Crippen molar-refractivity contribution in [3.63, 3.8) is 0 Å². The van der Waals surface area contributed by atoms with E-state index < -0.39 is 12.1 Å². The molecule has 0 fully saturated rings. The average molecular weight is 364 g/mol. The summed E-state index contributed by atoms with van der Waals surface area (Å²) in [4.78, 5) is 24.9. The molecule has 5 nitrogen and oxygen atoms in total. The lowest BCUT2D eigenvalue weighted by Gasteiger charge is -2.23. The van der Waals surface area contributed by atoms with Gasteiger partial charge in [-0.1, -0.05) is 6.92 Å². The number of ether oxygens (including phenoxy) is 1. The van der Waals surface area contributed by atoms with Crippen molar-refractivity contribution in [3.8, 4) is 0 Å². The second kappa shape index (κ2) is 8.26. The Morgan fingerprint density at radius 1 is 1.45 bits per heavy atom. The van der Waals surface area contributed by atoms with Crippen LogP contribution in [0.4, 0.5) is 4.79 Å². The molecule has 1 aromatic heterocycles. The molecular weight excluding hydrogens is 346 g/mol. The molecule has 0 aromatic carbocycles. The Labute approximate surface area is 130 Å². The van der Waals surface area contributed by atoms with Gasteiger partial charge in [0.05, 0.1) is 10.4 Å². The second-order valence-electron chi connectivity index (χ2n) is 4.22. The van der Waals surface area contributed by atoms with Crippen LogP contribution in [0.1, 0.15) is 31.1 Å².